The van der Waals surface area contributed by atoms with E-state index in [9.17, 15) is 14.4 Å². The second-order valence-corrected chi connectivity index (χ2v) is 8.33. The molecule has 0 saturated carbocycles. The standard InChI is InChI=1S/C21H20BrN5O4S/c1-27-17(11-23-19(29)15-8-3-4-9-16(15)22)25-26-21(27)32-12-18(28)24-14-7-5-6-13(10-14)20(30)31-2/h3-10H,11-12H2,1-2H3,(H,23,29)(H,24,28). The number of methoxy groups -OCH3 is 1. The van der Waals surface area contributed by atoms with Crippen LogP contribution in [-0.2, 0) is 23.1 Å². The fourth-order valence-corrected chi connectivity index (χ4v) is 3.89. The molecule has 0 fully saturated rings. The number of carbonyl (C=O) groups is 3. The van der Waals surface area contributed by atoms with Gasteiger partial charge < -0.3 is 19.9 Å². The summed E-state index contributed by atoms with van der Waals surface area (Å²) in [6.07, 6.45) is 0. The highest BCUT2D eigenvalue weighted by Gasteiger charge is 2.14. The minimum atomic E-state index is -0.478. The molecule has 11 heteroatoms. The van der Waals surface area contributed by atoms with Gasteiger partial charge in [-0.15, -0.1) is 10.2 Å². The molecule has 1 aromatic heterocycles. The van der Waals surface area contributed by atoms with E-state index in [0.717, 1.165) is 0 Å². The van der Waals surface area contributed by atoms with Crippen LogP contribution in [-0.4, -0.2) is 45.4 Å². The van der Waals surface area contributed by atoms with Gasteiger partial charge in [0.2, 0.25) is 5.91 Å². The number of thioether (sulfide) groups is 1. The van der Waals surface area contributed by atoms with Gasteiger partial charge in [0.15, 0.2) is 11.0 Å². The van der Waals surface area contributed by atoms with Crippen molar-refractivity contribution in [1.29, 1.82) is 0 Å². The lowest BCUT2D eigenvalue weighted by atomic mass is 10.2. The quantitative estimate of drug-likeness (QED) is 0.348. The minimum Gasteiger partial charge on any atom is -0.465 e. The molecule has 0 bridgehead atoms. The number of benzene rings is 2. The first-order chi connectivity index (χ1) is 15.4. The molecule has 0 atom stereocenters. The predicted octanol–water partition coefficient (Wildman–Crippen LogP) is 3.03. The Balaban J connectivity index is 1.53. The van der Waals surface area contributed by atoms with Gasteiger partial charge in [-0.25, -0.2) is 4.79 Å². The third-order valence-electron chi connectivity index (χ3n) is 4.35. The van der Waals surface area contributed by atoms with E-state index in [0.29, 0.717) is 32.3 Å². The number of rotatable bonds is 8. The SMILES string of the molecule is COC(=O)c1cccc(NC(=O)CSc2nnc(CNC(=O)c3ccccc3Br)n2C)c1. The maximum atomic E-state index is 12.3. The summed E-state index contributed by atoms with van der Waals surface area (Å²) >= 11 is 4.56. The molecule has 0 aliphatic heterocycles. The lowest BCUT2D eigenvalue weighted by molar-refractivity contribution is -0.113. The number of halogens is 1. The van der Waals surface area contributed by atoms with E-state index in [4.69, 9.17) is 0 Å². The average molecular weight is 518 g/mol. The van der Waals surface area contributed by atoms with E-state index in [1.807, 2.05) is 6.07 Å². The first-order valence-electron chi connectivity index (χ1n) is 9.41. The van der Waals surface area contributed by atoms with Crippen molar-refractivity contribution in [3.05, 3.63) is 70.0 Å². The third-order valence-corrected chi connectivity index (χ3v) is 6.06. The Labute approximate surface area is 197 Å². The van der Waals surface area contributed by atoms with Crippen molar-refractivity contribution in [2.45, 2.75) is 11.7 Å². The molecule has 3 rings (SSSR count). The molecular formula is C21H20BrN5O4S. The molecule has 2 aromatic carbocycles. The molecule has 0 aliphatic rings. The molecule has 0 saturated heterocycles. The zero-order valence-electron chi connectivity index (χ0n) is 17.3. The molecular weight excluding hydrogens is 498 g/mol. The van der Waals surface area contributed by atoms with Crippen LogP contribution in [0.15, 0.2) is 58.2 Å². The lowest BCUT2D eigenvalue weighted by Gasteiger charge is -2.08. The van der Waals surface area contributed by atoms with Crippen molar-refractivity contribution in [2.24, 2.45) is 7.05 Å². The number of nitrogens with zero attached hydrogens (tertiary/aromatic N) is 3. The van der Waals surface area contributed by atoms with Crippen LogP contribution >= 0.6 is 27.7 Å². The summed E-state index contributed by atoms with van der Waals surface area (Å²) in [4.78, 5) is 36.2. The number of aromatic nitrogens is 3. The Hall–Kier alpha value is -3.18. The van der Waals surface area contributed by atoms with E-state index in [2.05, 4.69) is 41.5 Å². The lowest BCUT2D eigenvalue weighted by Crippen LogP contribution is -2.24. The van der Waals surface area contributed by atoms with Crippen LogP contribution in [0.25, 0.3) is 0 Å². The Kier molecular flexibility index (Phi) is 8.01. The summed E-state index contributed by atoms with van der Waals surface area (Å²) < 4.78 is 7.10. The van der Waals surface area contributed by atoms with Crippen LogP contribution in [0, 0.1) is 0 Å². The van der Waals surface area contributed by atoms with Crippen molar-refractivity contribution in [1.82, 2.24) is 20.1 Å². The number of carbonyl (C=O) groups excluding carboxylic acids is 3. The number of hydrogen-bond donors (Lipinski definition) is 2. The predicted molar refractivity (Wildman–Crippen MR) is 123 cm³/mol. The largest absolute Gasteiger partial charge is 0.465 e. The molecule has 2 amide bonds. The van der Waals surface area contributed by atoms with E-state index >= 15 is 0 Å². The van der Waals surface area contributed by atoms with Gasteiger partial charge in [-0.3, -0.25) is 9.59 Å². The molecule has 3 aromatic rings. The highest BCUT2D eigenvalue weighted by molar-refractivity contribution is 9.10. The molecule has 32 heavy (non-hydrogen) atoms. The average Bonchev–Trinajstić information content (AvgIpc) is 3.15. The molecule has 166 valence electrons. The van der Waals surface area contributed by atoms with Crippen molar-refractivity contribution in [3.63, 3.8) is 0 Å². The molecule has 2 N–H and O–H groups in total. The monoisotopic (exact) mass is 517 g/mol. The second kappa shape index (κ2) is 10.9. The number of ether oxygens (including phenoxy) is 1. The number of hydrogen-bond acceptors (Lipinski definition) is 7. The molecule has 0 aliphatic carbocycles. The van der Waals surface area contributed by atoms with Crippen LogP contribution in [0.2, 0.25) is 0 Å². The van der Waals surface area contributed by atoms with E-state index in [1.54, 1.807) is 54.1 Å². The van der Waals surface area contributed by atoms with E-state index < -0.39 is 5.97 Å². The highest BCUT2D eigenvalue weighted by atomic mass is 79.9. The van der Waals surface area contributed by atoms with Crippen molar-refractivity contribution < 1.29 is 19.1 Å². The summed E-state index contributed by atoms with van der Waals surface area (Å²) in [7, 11) is 3.06. The fraction of sp³-hybridized carbons (Fsp3) is 0.190. The van der Waals surface area contributed by atoms with Gasteiger partial charge in [0.05, 0.1) is 30.5 Å². The fourth-order valence-electron chi connectivity index (χ4n) is 2.69. The van der Waals surface area contributed by atoms with Crippen LogP contribution in [0.3, 0.4) is 0 Å². The maximum absolute atomic E-state index is 12.3. The summed E-state index contributed by atoms with van der Waals surface area (Å²) in [6, 6.07) is 13.6. The summed E-state index contributed by atoms with van der Waals surface area (Å²) in [5.74, 6) is -0.322. The second-order valence-electron chi connectivity index (χ2n) is 6.53. The van der Waals surface area contributed by atoms with Gasteiger partial charge in [-0.1, -0.05) is 30.0 Å². The first-order valence-corrected chi connectivity index (χ1v) is 11.2. The van der Waals surface area contributed by atoms with Crippen LogP contribution in [0.4, 0.5) is 5.69 Å². The molecule has 9 nitrogen and oxygen atoms in total. The third kappa shape index (κ3) is 5.95. The van der Waals surface area contributed by atoms with Gasteiger partial charge in [0.25, 0.3) is 5.91 Å². The van der Waals surface area contributed by atoms with Crippen molar-refractivity contribution in [2.75, 3.05) is 18.2 Å². The molecule has 0 unspecified atom stereocenters. The zero-order valence-corrected chi connectivity index (χ0v) is 19.7. The molecule has 1 heterocycles. The van der Waals surface area contributed by atoms with E-state index in [-0.39, 0.29) is 24.1 Å². The number of esters is 1. The topological polar surface area (TPSA) is 115 Å². The smallest absolute Gasteiger partial charge is 0.337 e. The zero-order chi connectivity index (χ0) is 23.1. The highest BCUT2D eigenvalue weighted by Crippen LogP contribution is 2.18. The molecule has 0 radical (unpaired) electrons. The van der Waals surface area contributed by atoms with Crippen LogP contribution < -0.4 is 10.6 Å². The van der Waals surface area contributed by atoms with Crippen molar-refractivity contribution >= 4 is 51.2 Å². The first kappa shape index (κ1) is 23.5. The summed E-state index contributed by atoms with van der Waals surface area (Å²) in [6.45, 7) is 0.191. The normalized spacial score (nSPS) is 10.5. The van der Waals surface area contributed by atoms with Crippen LogP contribution in [0.1, 0.15) is 26.5 Å². The minimum absolute atomic E-state index is 0.0950. The summed E-state index contributed by atoms with van der Waals surface area (Å²) in [5, 5.41) is 14.3. The van der Waals surface area contributed by atoms with Gasteiger partial charge in [0, 0.05) is 17.2 Å². The van der Waals surface area contributed by atoms with Crippen LogP contribution in [0.5, 0.6) is 0 Å². The maximum Gasteiger partial charge on any atom is 0.337 e. The number of anilines is 1. The molecule has 0 spiro atoms. The van der Waals surface area contributed by atoms with Gasteiger partial charge >= 0.3 is 5.97 Å². The Bertz CT molecular complexity index is 1150. The van der Waals surface area contributed by atoms with Crippen molar-refractivity contribution in [3.8, 4) is 0 Å². The number of nitrogens with one attached hydrogen (secondary N) is 2. The summed E-state index contributed by atoms with van der Waals surface area (Å²) in [5.41, 5.74) is 1.37. The Morgan fingerprint density at radius 2 is 1.91 bits per heavy atom. The van der Waals surface area contributed by atoms with Gasteiger partial charge in [-0.2, -0.15) is 0 Å². The Morgan fingerprint density at radius 1 is 1.12 bits per heavy atom. The Morgan fingerprint density at radius 3 is 2.66 bits per heavy atom. The number of amides is 2. The van der Waals surface area contributed by atoms with Gasteiger partial charge in [0.1, 0.15) is 0 Å². The van der Waals surface area contributed by atoms with E-state index in [1.165, 1.54) is 18.9 Å². The van der Waals surface area contributed by atoms with Gasteiger partial charge in [-0.05, 0) is 46.3 Å².